The molecule has 0 radical (unpaired) electrons. The van der Waals surface area contributed by atoms with Crippen LogP contribution in [-0.4, -0.2) is 67.1 Å². The van der Waals surface area contributed by atoms with Crippen LogP contribution in [0.1, 0.15) is 42.9 Å². The average Bonchev–Trinajstić information content (AvgIpc) is 3.20. The molecule has 2 aromatic rings. The first-order valence-electron chi connectivity index (χ1n) is 11.9. The van der Waals surface area contributed by atoms with Gasteiger partial charge in [0.1, 0.15) is 0 Å². The fraction of sp³-hybridized carbons (Fsp3) is 0.462. The van der Waals surface area contributed by atoms with Gasteiger partial charge < -0.3 is 9.80 Å². The summed E-state index contributed by atoms with van der Waals surface area (Å²) in [6, 6.07) is 15.1. The molecule has 2 aromatic carbocycles. The third-order valence-electron chi connectivity index (χ3n) is 6.79. The van der Waals surface area contributed by atoms with Gasteiger partial charge in [-0.05, 0) is 36.1 Å². The second-order valence-electron chi connectivity index (χ2n) is 9.61. The van der Waals surface area contributed by atoms with Crippen molar-refractivity contribution in [2.45, 2.75) is 44.6 Å². The van der Waals surface area contributed by atoms with Crippen LogP contribution in [0.2, 0.25) is 0 Å². The topological polar surface area (TPSA) is 78.0 Å². The van der Waals surface area contributed by atoms with Crippen molar-refractivity contribution in [1.29, 1.82) is 0 Å². The molecule has 2 aliphatic rings. The number of benzene rings is 2. The number of nitrogens with zero attached hydrogens (tertiary/aromatic N) is 3. The van der Waals surface area contributed by atoms with E-state index < -0.39 is 10.0 Å². The summed E-state index contributed by atoms with van der Waals surface area (Å²) in [5.74, 6) is -0.102. The molecule has 0 aliphatic carbocycles. The summed E-state index contributed by atoms with van der Waals surface area (Å²) in [6.07, 6.45) is 0.214. The van der Waals surface area contributed by atoms with Gasteiger partial charge in [-0.25, -0.2) is 8.42 Å². The van der Waals surface area contributed by atoms with Gasteiger partial charge in [-0.1, -0.05) is 55.8 Å². The minimum atomic E-state index is -3.59. The number of piperazine rings is 1. The van der Waals surface area contributed by atoms with Crippen LogP contribution in [0.4, 0.5) is 0 Å². The van der Waals surface area contributed by atoms with E-state index in [1.54, 1.807) is 21.9 Å². The Balaban J connectivity index is 1.33. The van der Waals surface area contributed by atoms with Gasteiger partial charge in [-0.2, -0.15) is 4.31 Å². The van der Waals surface area contributed by atoms with E-state index in [1.165, 1.54) is 9.87 Å². The number of sulfonamides is 1. The van der Waals surface area contributed by atoms with E-state index in [0.29, 0.717) is 32.1 Å². The van der Waals surface area contributed by atoms with Crippen molar-refractivity contribution < 1.29 is 18.0 Å². The van der Waals surface area contributed by atoms with E-state index in [1.807, 2.05) is 43.3 Å². The number of carbonyl (C=O) groups is 2. The van der Waals surface area contributed by atoms with E-state index in [2.05, 4.69) is 13.8 Å². The number of hydrogen-bond acceptors (Lipinski definition) is 4. The van der Waals surface area contributed by atoms with Crippen molar-refractivity contribution in [1.82, 2.24) is 14.1 Å². The Bertz CT molecular complexity index is 1140. The lowest BCUT2D eigenvalue weighted by Gasteiger charge is -2.35. The first kappa shape index (κ1) is 24.4. The van der Waals surface area contributed by atoms with Crippen molar-refractivity contribution in [2.24, 2.45) is 5.92 Å². The average molecular weight is 484 g/mol. The monoisotopic (exact) mass is 483 g/mol. The Kier molecular flexibility index (Phi) is 7.09. The molecule has 34 heavy (non-hydrogen) atoms. The Morgan fingerprint density at radius 3 is 2.18 bits per heavy atom. The summed E-state index contributed by atoms with van der Waals surface area (Å²) in [6.45, 7) is 8.26. The molecule has 0 saturated carbocycles. The molecule has 0 bridgehead atoms. The second kappa shape index (κ2) is 9.88. The Hall–Kier alpha value is -2.71. The van der Waals surface area contributed by atoms with Gasteiger partial charge >= 0.3 is 0 Å². The number of aryl methyl sites for hydroxylation is 1. The van der Waals surface area contributed by atoms with Crippen LogP contribution in [0.25, 0.3) is 0 Å². The molecule has 0 unspecified atom stereocenters. The summed E-state index contributed by atoms with van der Waals surface area (Å²) in [4.78, 5) is 29.3. The highest BCUT2D eigenvalue weighted by Crippen LogP contribution is 2.25. The van der Waals surface area contributed by atoms with Crippen LogP contribution in [0.15, 0.2) is 53.4 Å². The molecular formula is C26H33N3O4S. The number of carbonyl (C=O) groups excluding carboxylic acids is 2. The lowest BCUT2D eigenvalue weighted by molar-refractivity contribution is -0.137. The third-order valence-corrected chi connectivity index (χ3v) is 8.71. The van der Waals surface area contributed by atoms with Crippen LogP contribution < -0.4 is 0 Å². The van der Waals surface area contributed by atoms with E-state index in [4.69, 9.17) is 0 Å². The predicted molar refractivity (Wildman–Crippen MR) is 131 cm³/mol. The van der Waals surface area contributed by atoms with Gasteiger partial charge in [0.15, 0.2) is 0 Å². The van der Waals surface area contributed by atoms with Gasteiger partial charge in [0.05, 0.1) is 10.8 Å². The summed E-state index contributed by atoms with van der Waals surface area (Å²) in [5, 5.41) is 0. The number of rotatable bonds is 6. The van der Waals surface area contributed by atoms with Gasteiger partial charge in [0, 0.05) is 45.7 Å². The maximum absolute atomic E-state index is 13.1. The SMILES string of the molecule is Cc1ccc(CN2C[C@@H](C(=O)N3CCN(S(=O)(=O)c4ccc(C(C)C)cc4)CC3)CC2=O)cc1. The smallest absolute Gasteiger partial charge is 0.243 e. The minimum absolute atomic E-state index is 0.00927. The standard InChI is InChI=1S/C26H33N3O4S/c1-19(2)22-8-10-24(11-9-22)34(32,33)29-14-12-27(13-15-29)26(31)23-16-25(30)28(18-23)17-21-6-4-20(3)5-7-21/h4-11,19,23H,12-18H2,1-3H3/t23-/m0/s1. The number of hydrogen-bond donors (Lipinski definition) is 0. The fourth-order valence-corrected chi connectivity index (χ4v) is 6.01. The van der Waals surface area contributed by atoms with Crippen molar-refractivity contribution in [3.05, 3.63) is 65.2 Å². The van der Waals surface area contributed by atoms with Crippen molar-refractivity contribution >= 4 is 21.8 Å². The zero-order valence-corrected chi connectivity index (χ0v) is 20.9. The summed E-state index contributed by atoms with van der Waals surface area (Å²) in [5.41, 5.74) is 3.31. The third kappa shape index (κ3) is 5.18. The highest BCUT2D eigenvalue weighted by molar-refractivity contribution is 7.89. The minimum Gasteiger partial charge on any atom is -0.340 e. The quantitative estimate of drug-likeness (QED) is 0.633. The van der Waals surface area contributed by atoms with E-state index in [0.717, 1.165) is 11.1 Å². The molecule has 1 atom stereocenters. The van der Waals surface area contributed by atoms with Crippen LogP contribution >= 0.6 is 0 Å². The predicted octanol–water partition coefficient (Wildman–Crippen LogP) is 3.00. The normalized spacial score (nSPS) is 19.8. The molecule has 7 nitrogen and oxygen atoms in total. The first-order chi connectivity index (χ1) is 16.1. The number of likely N-dealkylation sites (tertiary alicyclic amines) is 1. The van der Waals surface area contributed by atoms with Crippen LogP contribution in [-0.2, 0) is 26.2 Å². The molecule has 0 N–H and O–H groups in total. The van der Waals surface area contributed by atoms with E-state index >= 15 is 0 Å². The summed E-state index contributed by atoms with van der Waals surface area (Å²) < 4.78 is 27.6. The summed E-state index contributed by atoms with van der Waals surface area (Å²) in [7, 11) is -3.59. The van der Waals surface area contributed by atoms with Crippen LogP contribution in [0.5, 0.6) is 0 Å². The van der Waals surface area contributed by atoms with Crippen LogP contribution in [0, 0.1) is 12.8 Å². The molecule has 0 aromatic heterocycles. The maximum Gasteiger partial charge on any atom is 0.243 e. The van der Waals surface area contributed by atoms with Gasteiger partial charge in [0.25, 0.3) is 0 Å². The lowest BCUT2D eigenvalue weighted by atomic mass is 10.0. The summed E-state index contributed by atoms with van der Waals surface area (Å²) >= 11 is 0. The second-order valence-corrected chi connectivity index (χ2v) is 11.6. The van der Waals surface area contributed by atoms with Crippen LogP contribution in [0.3, 0.4) is 0 Å². The molecule has 182 valence electrons. The maximum atomic E-state index is 13.1. The molecule has 0 spiro atoms. The highest BCUT2D eigenvalue weighted by atomic mass is 32.2. The Labute approximate surface area is 202 Å². The molecule has 2 saturated heterocycles. The zero-order valence-electron chi connectivity index (χ0n) is 20.1. The van der Waals surface area contributed by atoms with Gasteiger partial charge in [-0.15, -0.1) is 0 Å². The molecule has 8 heteroatoms. The lowest BCUT2D eigenvalue weighted by Crippen LogP contribution is -2.52. The molecule has 2 heterocycles. The highest BCUT2D eigenvalue weighted by Gasteiger charge is 2.38. The first-order valence-corrected chi connectivity index (χ1v) is 13.3. The molecule has 2 fully saturated rings. The number of amides is 2. The Morgan fingerprint density at radius 1 is 0.971 bits per heavy atom. The van der Waals surface area contributed by atoms with Gasteiger partial charge in [-0.3, -0.25) is 9.59 Å². The zero-order chi connectivity index (χ0) is 24.5. The van der Waals surface area contributed by atoms with Crippen molar-refractivity contribution in [3.8, 4) is 0 Å². The molecular weight excluding hydrogens is 450 g/mol. The molecule has 4 rings (SSSR count). The largest absolute Gasteiger partial charge is 0.340 e. The van der Waals surface area contributed by atoms with E-state index in [-0.39, 0.29) is 42.1 Å². The van der Waals surface area contributed by atoms with Crippen molar-refractivity contribution in [2.75, 3.05) is 32.7 Å². The Morgan fingerprint density at radius 2 is 1.59 bits per heavy atom. The molecule has 2 amide bonds. The van der Waals surface area contributed by atoms with Gasteiger partial charge in [0.2, 0.25) is 21.8 Å². The van der Waals surface area contributed by atoms with E-state index in [9.17, 15) is 18.0 Å². The fourth-order valence-electron chi connectivity index (χ4n) is 4.59. The molecule has 2 aliphatic heterocycles. The van der Waals surface area contributed by atoms with Crippen molar-refractivity contribution in [3.63, 3.8) is 0 Å².